The van der Waals surface area contributed by atoms with E-state index in [4.69, 9.17) is 17.9 Å². The second-order valence-electron chi connectivity index (χ2n) is 7.56. The number of carbonyl (C=O) groups excluding carboxylic acids is 2. The Balaban J connectivity index is 0.00000172. The monoisotopic (exact) mass is 482 g/mol. The lowest BCUT2D eigenvalue weighted by Crippen LogP contribution is -2.32. The molecule has 1 aromatic carbocycles. The fourth-order valence-electron chi connectivity index (χ4n) is 2.88. The molecular formula is C23H30O9S. The summed E-state index contributed by atoms with van der Waals surface area (Å²) in [6, 6.07) is 2.98. The number of aliphatic hydroxyl groups is 2. The van der Waals surface area contributed by atoms with Crippen LogP contribution in [0.1, 0.15) is 56.0 Å². The third-order valence-electron chi connectivity index (χ3n) is 5.02. The number of esters is 1. The predicted molar refractivity (Wildman–Crippen MR) is 121 cm³/mol. The summed E-state index contributed by atoms with van der Waals surface area (Å²) in [6.45, 7) is 5.92. The molecular weight excluding hydrogens is 452 g/mol. The van der Waals surface area contributed by atoms with E-state index in [0.29, 0.717) is 17.9 Å². The number of ether oxygens (including phenoxy) is 2. The van der Waals surface area contributed by atoms with Crippen molar-refractivity contribution in [2.45, 2.75) is 58.3 Å². The highest BCUT2D eigenvalue weighted by Crippen LogP contribution is 2.31. The fourth-order valence-corrected chi connectivity index (χ4v) is 2.88. The third kappa shape index (κ3) is 8.91. The van der Waals surface area contributed by atoms with Gasteiger partial charge in [-0.25, -0.2) is 4.79 Å². The summed E-state index contributed by atoms with van der Waals surface area (Å²) in [6.07, 6.45) is 4.06. The molecule has 0 saturated heterocycles. The number of hydrogen-bond donors (Lipinski definition) is 3. The number of unbranched alkanes of at least 4 members (excludes halogenated alkanes) is 1. The lowest BCUT2D eigenvalue weighted by Gasteiger charge is -2.20. The second-order valence-corrected chi connectivity index (χ2v) is 7.69. The molecule has 0 radical (unpaired) electrons. The van der Waals surface area contributed by atoms with E-state index < -0.39 is 41.6 Å². The minimum atomic E-state index is -1.56. The van der Waals surface area contributed by atoms with Gasteiger partial charge in [0.15, 0.2) is 5.78 Å². The zero-order chi connectivity index (χ0) is 25.0. The van der Waals surface area contributed by atoms with Crippen molar-refractivity contribution < 1.29 is 42.8 Å². The van der Waals surface area contributed by atoms with Crippen LogP contribution in [0.15, 0.2) is 30.4 Å². The van der Waals surface area contributed by atoms with Gasteiger partial charge in [-0.1, -0.05) is 38.5 Å². The predicted octanol–water partition coefficient (Wildman–Crippen LogP) is 2.35. The Morgan fingerprint density at radius 1 is 1.15 bits per heavy atom. The fraction of sp³-hybridized carbons (Fsp3) is 0.478. The topological polar surface area (TPSA) is 147 Å². The zero-order valence-electron chi connectivity index (χ0n) is 18.8. The highest BCUT2D eigenvalue weighted by molar-refractivity contribution is 7.51. The first-order chi connectivity index (χ1) is 15.7. The number of cyclic esters (lactones) is 1. The lowest BCUT2D eigenvalue weighted by atomic mass is 9.99. The van der Waals surface area contributed by atoms with Crippen LogP contribution in [0.3, 0.4) is 0 Å². The molecule has 0 spiro atoms. The summed E-state index contributed by atoms with van der Waals surface area (Å²) in [4.78, 5) is 24.8. The highest BCUT2D eigenvalue weighted by Gasteiger charge is 2.25. The number of aromatic hydroxyl groups is 1. The average Bonchev–Trinajstić information content (AvgIpc) is 2.76. The SMILES string of the molecule is CCCCOc1cc(O)c2c(c1)/C=C/C[C@H](O)[C@H](O)C(=O)/C=C\[C@@H](C)[C@H](C)OC2=O.O=S=O. The van der Waals surface area contributed by atoms with E-state index in [0.717, 1.165) is 12.8 Å². The first kappa shape index (κ1) is 28.2. The van der Waals surface area contributed by atoms with Gasteiger partial charge < -0.3 is 24.8 Å². The van der Waals surface area contributed by atoms with Crippen LogP contribution in [-0.4, -0.2) is 60.4 Å². The van der Waals surface area contributed by atoms with E-state index in [-0.39, 0.29) is 23.7 Å². The Hall–Kier alpha value is -2.82. The van der Waals surface area contributed by atoms with Crippen LogP contribution in [0.4, 0.5) is 0 Å². The Kier molecular flexibility index (Phi) is 12.3. The summed E-state index contributed by atoms with van der Waals surface area (Å²) >= 11 is -0.750. The van der Waals surface area contributed by atoms with E-state index in [1.165, 1.54) is 30.4 Å². The molecule has 10 heteroatoms. The van der Waals surface area contributed by atoms with Crippen LogP contribution in [-0.2, 0) is 21.1 Å². The van der Waals surface area contributed by atoms with Gasteiger partial charge in [-0.15, -0.1) is 0 Å². The molecule has 0 saturated carbocycles. The molecule has 3 N–H and O–H groups in total. The number of carbonyl (C=O) groups is 2. The quantitative estimate of drug-likeness (QED) is 0.434. The average molecular weight is 483 g/mol. The number of rotatable bonds is 4. The minimum Gasteiger partial charge on any atom is -0.507 e. The van der Waals surface area contributed by atoms with Gasteiger partial charge >= 0.3 is 17.5 Å². The smallest absolute Gasteiger partial charge is 0.342 e. The maximum absolute atomic E-state index is 12.8. The molecule has 1 aromatic rings. The minimum absolute atomic E-state index is 0.0136. The van der Waals surface area contributed by atoms with Gasteiger partial charge in [0.25, 0.3) is 0 Å². The van der Waals surface area contributed by atoms with Crippen molar-refractivity contribution in [2.75, 3.05) is 6.61 Å². The summed E-state index contributed by atoms with van der Waals surface area (Å²) < 4.78 is 27.7. The van der Waals surface area contributed by atoms with E-state index in [2.05, 4.69) is 0 Å². The molecule has 182 valence electrons. The van der Waals surface area contributed by atoms with Crippen LogP contribution < -0.4 is 4.74 Å². The van der Waals surface area contributed by atoms with Gasteiger partial charge in [0.1, 0.15) is 29.3 Å². The van der Waals surface area contributed by atoms with Crippen LogP contribution in [0.5, 0.6) is 11.5 Å². The number of benzene rings is 1. The first-order valence-corrected chi connectivity index (χ1v) is 11.2. The Labute approximate surface area is 196 Å². The van der Waals surface area contributed by atoms with Crippen LogP contribution in [0.25, 0.3) is 6.08 Å². The van der Waals surface area contributed by atoms with Crippen molar-refractivity contribution in [2.24, 2.45) is 5.92 Å². The molecule has 1 heterocycles. The van der Waals surface area contributed by atoms with Crippen molar-refractivity contribution in [3.05, 3.63) is 41.5 Å². The molecule has 0 amide bonds. The van der Waals surface area contributed by atoms with E-state index in [1.54, 1.807) is 19.9 Å². The molecule has 0 fully saturated rings. The van der Waals surface area contributed by atoms with Crippen molar-refractivity contribution in [3.63, 3.8) is 0 Å². The first-order valence-electron chi connectivity index (χ1n) is 10.5. The number of phenolic OH excluding ortho intramolecular Hbond substituents is 1. The molecule has 4 atom stereocenters. The van der Waals surface area contributed by atoms with Gasteiger partial charge in [0.05, 0.1) is 12.7 Å². The van der Waals surface area contributed by atoms with Gasteiger partial charge in [0.2, 0.25) is 0 Å². The van der Waals surface area contributed by atoms with Crippen molar-refractivity contribution in [3.8, 4) is 11.5 Å². The van der Waals surface area contributed by atoms with Crippen LogP contribution >= 0.6 is 0 Å². The van der Waals surface area contributed by atoms with Gasteiger partial charge in [0, 0.05) is 12.0 Å². The molecule has 1 aliphatic heterocycles. The van der Waals surface area contributed by atoms with Gasteiger partial charge in [-0.3, -0.25) is 4.79 Å². The maximum atomic E-state index is 12.8. The third-order valence-corrected chi connectivity index (χ3v) is 5.02. The zero-order valence-corrected chi connectivity index (χ0v) is 19.6. The number of phenols is 1. The maximum Gasteiger partial charge on any atom is 0.342 e. The van der Waals surface area contributed by atoms with Crippen LogP contribution in [0.2, 0.25) is 0 Å². The van der Waals surface area contributed by atoms with Crippen molar-refractivity contribution in [1.29, 1.82) is 0 Å². The van der Waals surface area contributed by atoms with Gasteiger partial charge in [-0.05, 0) is 37.5 Å². The van der Waals surface area contributed by atoms with E-state index in [1.807, 2.05) is 6.92 Å². The molecule has 33 heavy (non-hydrogen) atoms. The molecule has 0 unspecified atom stereocenters. The number of aliphatic hydroxyl groups excluding tert-OH is 2. The second kappa shape index (κ2) is 14.4. The van der Waals surface area contributed by atoms with E-state index in [9.17, 15) is 24.9 Å². The molecule has 2 rings (SSSR count). The lowest BCUT2D eigenvalue weighted by molar-refractivity contribution is -0.127. The standard InChI is InChI=1S/C23H30O7.O2S/c1-4-5-11-29-17-12-16-7-6-8-18(24)22(27)19(25)10-9-14(2)15(3)30-23(28)21(16)20(26)13-17;1-3-2/h6-7,9-10,12-15,18,22,24,26-27H,4-5,8,11H2,1-3H3;/b7-6+,10-9-;/t14-,15+,18+,22+;/m1./s1. The number of ketones is 1. The number of fused-ring (bicyclic) bond motifs is 1. The number of hydrogen-bond acceptors (Lipinski definition) is 9. The summed E-state index contributed by atoms with van der Waals surface area (Å²) in [7, 11) is 0. The van der Waals surface area contributed by atoms with Crippen LogP contribution in [0, 0.1) is 5.92 Å². The Morgan fingerprint density at radius 3 is 2.45 bits per heavy atom. The summed E-state index contributed by atoms with van der Waals surface area (Å²) in [5, 5.41) is 30.6. The molecule has 9 nitrogen and oxygen atoms in total. The Morgan fingerprint density at radius 2 is 1.82 bits per heavy atom. The highest BCUT2D eigenvalue weighted by atomic mass is 32.1. The molecule has 0 aromatic heterocycles. The van der Waals surface area contributed by atoms with Gasteiger partial charge in [-0.2, -0.15) is 8.42 Å². The Bertz CT molecular complexity index is 903. The molecule has 1 aliphatic rings. The largest absolute Gasteiger partial charge is 0.507 e. The normalized spacial score (nSPS) is 25.4. The van der Waals surface area contributed by atoms with Crippen molar-refractivity contribution >= 4 is 29.4 Å². The summed E-state index contributed by atoms with van der Waals surface area (Å²) in [5.74, 6) is -1.53. The summed E-state index contributed by atoms with van der Waals surface area (Å²) in [5.41, 5.74) is 0.340. The van der Waals surface area contributed by atoms with E-state index >= 15 is 0 Å². The van der Waals surface area contributed by atoms with Crippen molar-refractivity contribution in [1.82, 2.24) is 0 Å². The molecule has 0 aliphatic carbocycles. The molecule has 0 bridgehead atoms.